The molecule has 1 rings (SSSR count). The number of rotatable bonds is 6. The number of methoxy groups -OCH3 is 1. The lowest BCUT2D eigenvalue weighted by molar-refractivity contribution is 0.0968. The highest BCUT2D eigenvalue weighted by Crippen LogP contribution is 2.19. The van der Waals surface area contributed by atoms with Crippen LogP contribution in [0.15, 0.2) is 6.20 Å². The van der Waals surface area contributed by atoms with Crippen LogP contribution in [-0.4, -0.2) is 28.6 Å². The smallest absolute Gasteiger partial charge is 0.184 e. The van der Waals surface area contributed by atoms with Gasteiger partial charge in [-0.2, -0.15) is 5.10 Å². The van der Waals surface area contributed by atoms with Crippen LogP contribution in [0.3, 0.4) is 0 Å². The molecular formula is C10H15ClN2O2. The van der Waals surface area contributed by atoms with Gasteiger partial charge in [-0.25, -0.2) is 0 Å². The molecule has 0 N–H and O–H groups in total. The second-order valence-electron chi connectivity index (χ2n) is 3.09. The zero-order valence-electron chi connectivity index (χ0n) is 8.99. The third kappa shape index (κ3) is 2.72. The van der Waals surface area contributed by atoms with Gasteiger partial charge in [0.15, 0.2) is 11.5 Å². The SMILES string of the molecule is CCn1ncc(OC)c1C(=O)CCCCl. The summed E-state index contributed by atoms with van der Waals surface area (Å²) < 4.78 is 6.74. The first-order valence-corrected chi connectivity index (χ1v) is 5.47. The molecule has 0 spiro atoms. The van der Waals surface area contributed by atoms with Crippen molar-refractivity contribution in [1.82, 2.24) is 9.78 Å². The van der Waals surface area contributed by atoms with Crippen molar-refractivity contribution in [3.8, 4) is 5.75 Å². The highest BCUT2D eigenvalue weighted by molar-refractivity contribution is 6.18. The predicted octanol–water partition coefficient (Wildman–Crippen LogP) is 2.11. The number of aryl methyl sites for hydroxylation is 1. The van der Waals surface area contributed by atoms with Gasteiger partial charge in [-0.15, -0.1) is 11.6 Å². The van der Waals surface area contributed by atoms with E-state index >= 15 is 0 Å². The van der Waals surface area contributed by atoms with Crippen LogP contribution in [0.4, 0.5) is 0 Å². The van der Waals surface area contributed by atoms with Crippen molar-refractivity contribution in [2.75, 3.05) is 13.0 Å². The molecule has 84 valence electrons. The summed E-state index contributed by atoms with van der Waals surface area (Å²) in [5.74, 6) is 1.07. The van der Waals surface area contributed by atoms with Crippen molar-refractivity contribution < 1.29 is 9.53 Å². The number of aromatic nitrogens is 2. The lowest BCUT2D eigenvalue weighted by atomic mass is 10.1. The Morgan fingerprint density at radius 3 is 2.93 bits per heavy atom. The number of alkyl halides is 1. The third-order valence-electron chi connectivity index (χ3n) is 2.13. The van der Waals surface area contributed by atoms with Gasteiger partial charge in [0.2, 0.25) is 0 Å². The molecule has 4 nitrogen and oxygen atoms in total. The molecule has 15 heavy (non-hydrogen) atoms. The molecule has 0 fully saturated rings. The summed E-state index contributed by atoms with van der Waals surface area (Å²) in [7, 11) is 1.54. The fraction of sp³-hybridized carbons (Fsp3) is 0.600. The molecule has 0 unspecified atom stereocenters. The van der Waals surface area contributed by atoms with Crippen molar-refractivity contribution in [1.29, 1.82) is 0 Å². The monoisotopic (exact) mass is 230 g/mol. The molecule has 0 atom stereocenters. The van der Waals surface area contributed by atoms with Crippen molar-refractivity contribution >= 4 is 17.4 Å². The molecule has 0 aliphatic carbocycles. The van der Waals surface area contributed by atoms with Gasteiger partial charge >= 0.3 is 0 Å². The van der Waals surface area contributed by atoms with Gasteiger partial charge in [-0.1, -0.05) is 0 Å². The Bertz CT molecular complexity index is 315. The number of carbonyl (C=O) groups is 1. The first-order chi connectivity index (χ1) is 7.24. The molecule has 0 amide bonds. The summed E-state index contributed by atoms with van der Waals surface area (Å²) in [6.07, 6.45) is 2.68. The zero-order valence-corrected chi connectivity index (χ0v) is 9.75. The van der Waals surface area contributed by atoms with E-state index in [-0.39, 0.29) is 5.78 Å². The van der Waals surface area contributed by atoms with Crippen molar-refractivity contribution in [3.05, 3.63) is 11.9 Å². The van der Waals surface area contributed by atoms with Crippen LogP contribution in [-0.2, 0) is 6.54 Å². The summed E-state index contributed by atoms with van der Waals surface area (Å²) in [6, 6.07) is 0. The van der Waals surface area contributed by atoms with Crippen molar-refractivity contribution in [2.24, 2.45) is 0 Å². The van der Waals surface area contributed by atoms with E-state index in [9.17, 15) is 4.79 Å². The Kier molecular flexibility index (Phi) is 4.62. The Hall–Kier alpha value is -1.03. The highest BCUT2D eigenvalue weighted by atomic mass is 35.5. The number of halogens is 1. The van der Waals surface area contributed by atoms with Crippen molar-refractivity contribution in [2.45, 2.75) is 26.3 Å². The number of hydrogen-bond acceptors (Lipinski definition) is 3. The fourth-order valence-corrected chi connectivity index (χ4v) is 1.52. The van der Waals surface area contributed by atoms with Crippen LogP contribution in [0.5, 0.6) is 5.75 Å². The van der Waals surface area contributed by atoms with E-state index < -0.39 is 0 Å². The fourth-order valence-electron chi connectivity index (χ4n) is 1.38. The molecule has 0 aromatic carbocycles. The van der Waals surface area contributed by atoms with Gasteiger partial charge in [0, 0.05) is 18.8 Å². The first-order valence-electron chi connectivity index (χ1n) is 4.93. The Morgan fingerprint density at radius 1 is 1.67 bits per heavy atom. The lowest BCUT2D eigenvalue weighted by Gasteiger charge is -2.05. The van der Waals surface area contributed by atoms with Crippen LogP contribution >= 0.6 is 11.6 Å². The van der Waals surface area contributed by atoms with Gasteiger partial charge in [0.1, 0.15) is 5.69 Å². The highest BCUT2D eigenvalue weighted by Gasteiger charge is 2.17. The standard InChI is InChI=1S/C10H15ClN2O2/c1-3-13-10(8(14)5-4-6-11)9(15-2)7-12-13/h7H,3-6H2,1-2H3. The molecule has 0 aliphatic heterocycles. The Labute approximate surface area is 94.2 Å². The maximum Gasteiger partial charge on any atom is 0.184 e. The Balaban J connectivity index is 2.88. The maximum atomic E-state index is 11.8. The minimum absolute atomic E-state index is 0.0341. The summed E-state index contributed by atoms with van der Waals surface area (Å²) >= 11 is 5.55. The number of nitrogens with zero attached hydrogens (tertiary/aromatic N) is 2. The molecule has 0 saturated carbocycles. The first kappa shape index (κ1) is 12.0. The topological polar surface area (TPSA) is 44.1 Å². The van der Waals surface area contributed by atoms with Gasteiger partial charge < -0.3 is 4.74 Å². The number of hydrogen-bond donors (Lipinski definition) is 0. The second-order valence-corrected chi connectivity index (χ2v) is 3.47. The predicted molar refractivity (Wildman–Crippen MR) is 58.7 cm³/mol. The van der Waals surface area contributed by atoms with Crippen LogP contribution < -0.4 is 4.74 Å². The normalized spacial score (nSPS) is 10.3. The van der Waals surface area contributed by atoms with Crippen molar-refractivity contribution in [3.63, 3.8) is 0 Å². The van der Waals surface area contributed by atoms with Gasteiger partial charge in [0.05, 0.1) is 13.3 Å². The van der Waals surface area contributed by atoms with Crippen LogP contribution in [0.1, 0.15) is 30.3 Å². The molecule has 5 heteroatoms. The van der Waals surface area contributed by atoms with E-state index in [1.54, 1.807) is 10.9 Å². The zero-order chi connectivity index (χ0) is 11.3. The molecule has 0 saturated heterocycles. The molecule has 0 bridgehead atoms. The van der Waals surface area contributed by atoms with E-state index in [4.69, 9.17) is 16.3 Å². The number of carbonyl (C=O) groups excluding carboxylic acids is 1. The van der Waals surface area contributed by atoms with Crippen LogP contribution in [0.25, 0.3) is 0 Å². The van der Waals surface area contributed by atoms with Crippen LogP contribution in [0, 0.1) is 0 Å². The molecule has 1 heterocycles. The molecule has 0 aliphatic rings. The van der Waals surface area contributed by atoms with Gasteiger partial charge in [-0.3, -0.25) is 9.48 Å². The average Bonchev–Trinajstić information content (AvgIpc) is 2.68. The number of ketones is 1. The van der Waals surface area contributed by atoms with Gasteiger partial charge in [-0.05, 0) is 13.3 Å². The molecular weight excluding hydrogens is 216 g/mol. The van der Waals surface area contributed by atoms with E-state index in [0.29, 0.717) is 36.7 Å². The maximum absolute atomic E-state index is 11.8. The summed E-state index contributed by atoms with van der Waals surface area (Å²) in [4.78, 5) is 11.8. The van der Waals surface area contributed by atoms with E-state index in [0.717, 1.165) is 0 Å². The lowest BCUT2D eigenvalue weighted by Crippen LogP contribution is -2.10. The van der Waals surface area contributed by atoms with Gasteiger partial charge in [0.25, 0.3) is 0 Å². The average molecular weight is 231 g/mol. The molecule has 0 radical (unpaired) electrons. The third-order valence-corrected chi connectivity index (χ3v) is 2.39. The number of ether oxygens (including phenoxy) is 1. The quantitative estimate of drug-likeness (QED) is 0.555. The number of Topliss-reactive ketones (excluding diaryl/α,β-unsaturated/α-hetero) is 1. The van der Waals surface area contributed by atoms with E-state index in [1.165, 1.54) is 7.11 Å². The second kappa shape index (κ2) is 5.75. The van der Waals surface area contributed by atoms with E-state index in [2.05, 4.69) is 5.10 Å². The van der Waals surface area contributed by atoms with Crippen LogP contribution in [0.2, 0.25) is 0 Å². The summed E-state index contributed by atoms with van der Waals surface area (Å²) in [5, 5.41) is 4.07. The minimum Gasteiger partial charge on any atom is -0.493 e. The summed E-state index contributed by atoms with van der Waals surface area (Å²) in [5.41, 5.74) is 0.546. The Morgan fingerprint density at radius 2 is 2.40 bits per heavy atom. The molecule has 1 aromatic rings. The largest absolute Gasteiger partial charge is 0.493 e. The van der Waals surface area contributed by atoms with E-state index in [1.807, 2.05) is 6.92 Å². The summed E-state index contributed by atoms with van der Waals surface area (Å²) in [6.45, 7) is 2.59. The minimum atomic E-state index is 0.0341. The molecule has 1 aromatic heterocycles.